The predicted octanol–water partition coefficient (Wildman–Crippen LogP) is 3.04. The summed E-state index contributed by atoms with van der Waals surface area (Å²) >= 11 is 0. The van der Waals surface area contributed by atoms with Crippen LogP contribution >= 0.6 is 0 Å². The van der Waals surface area contributed by atoms with Crippen LogP contribution in [0.25, 0.3) is 0 Å². The summed E-state index contributed by atoms with van der Waals surface area (Å²) in [7, 11) is 0. The Labute approximate surface area is 93.6 Å². The first-order valence-electron chi connectivity index (χ1n) is 6.40. The maximum absolute atomic E-state index is 12.1. The van der Waals surface area contributed by atoms with Crippen molar-refractivity contribution in [1.29, 1.82) is 0 Å². The largest absolute Gasteiger partial charge is 0.327 e. The summed E-state index contributed by atoms with van der Waals surface area (Å²) in [4.78, 5) is 12.1. The second kappa shape index (κ2) is 5.64. The molecule has 0 aliphatic heterocycles. The van der Waals surface area contributed by atoms with Crippen molar-refractivity contribution < 1.29 is 4.79 Å². The molecule has 2 unspecified atom stereocenters. The highest BCUT2D eigenvalue weighted by atomic mass is 16.1. The minimum atomic E-state index is -0.202. The highest BCUT2D eigenvalue weighted by molar-refractivity contribution is 5.85. The van der Waals surface area contributed by atoms with Gasteiger partial charge in [0.1, 0.15) is 5.78 Å². The second-order valence-corrected chi connectivity index (χ2v) is 5.15. The molecule has 0 aromatic carbocycles. The van der Waals surface area contributed by atoms with Crippen LogP contribution in [0.1, 0.15) is 65.2 Å². The van der Waals surface area contributed by atoms with Gasteiger partial charge in [-0.3, -0.25) is 4.79 Å². The zero-order valence-corrected chi connectivity index (χ0v) is 10.2. The average Bonchev–Trinajstić information content (AvgIpc) is 2.55. The van der Waals surface area contributed by atoms with Crippen LogP contribution in [0, 0.1) is 5.41 Å². The number of unbranched alkanes of at least 4 members (excludes halogenated alkanes) is 3. The van der Waals surface area contributed by atoms with Crippen molar-refractivity contribution >= 4 is 5.78 Å². The summed E-state index contributed by atoms with van der Waals surface area (Å²) in [5.74, 6) is 0.406. The summed E-state index contributed by atoms with van der Waals surface area (Å²) < 4.78 is 0. The average molecular weight is 211 g/mol. The third-order valence-electron chi connectivity index (χ3n) is 3.92. The first-order chi connectivity index (χ1) is 7.11. The van der Waals surface area contributed by atoms with E-state index in [-0.39, 0.29) is 11.5 Å². The van der Waals surface area contributed by atoms with Crippen molar-refractivity contribution in [3.8, 4) is 0 Å². The molecule has 1 saturated carbocycles. The first kappa shape index (κ1) is 12.7. The molecule has 0 amide bonds. The molecule has 2 heteroatoms. The normalized spacial score (nSPS) is 30.7. The quantitative estimate of drug-likeness (QED) is 0.686. The lowest BCUT2D eigenvalue weighted by Crippen LogP contribution is -2.41. The van der Waals surface area contributed by atoms with Gasteiger partial charge in [-0.1, -0.05) is 39.5 Å². The molecule has 0 aromatic rings. The zero-order chi connectivity index (χ0) is 11.3. The van der Waals surface area contributed by atoms with Gasteiger partial charge in [-0.2, -0.15) is 0 Å². The van der Waals surface area contributed by atoms with Crippen molar-refractivity contribution in [3.05, 3.63) is 0 Å². The van der Waals surface area contributed by atoms with E-state index in [1.807, 2.05) is 0 Å². The molecule has 1 aliphatic rings. The predicted molar refractivity (Wildman–Crippen MR) is 63.7 cm³/mol. The molecular weight excluding hydrogens is 186 g/mol. The summed E-state index contributed by atoms with van der Waals surface area (Å²) in [5, 5.41) is 0. The number of Topliss-reactive ketones (excluding diaryl/α,β-unsaturated/α-hetero) is 1. The van der Waals surface area contributed by atoms with Crippen molar-refractivity contribution in [3.63, 3.8) is 0 Å². The fourth-order valence-corrected chi connectivity index (χ4v) is 2.54. The molecule has 1 aliphatic carbocycles. The molecule has 0 saturated heterocycles. The van der Waals surface area contributed by atoms with Crippen molar-refractivity contribution in [2.24, 2.45) is 11.1 Å². The lowest BCUT2D eigenvalue weighted by molar-refractivity contribution is -0.128. The van der Waals surface area contributed by atoms with E-state index in [0.717, 1.165) is 32.1 Å². The molecule has 0 spiro atoms. The lowest BCUT2D eigenvalue weighted by Gasteiger charge is -2.27. The van der Waals surface area contributed by atoms with E-state index in [1.54, 1.807) is 0 Å². The van der Waals surface area contributed by atoms with Gasteiger partial charge in [-0.05, 0) is 19.3 Å². The van der Waals surface area contributed by atoms with Crippen LogP contribution in [0.2, 0.25) is 0 Å². The van der Waals surface area contributed by atoms with Gasteiger partial charge in [-0.15, -0.1) is 0 Å². The van der Waals surface area contributed by atoms with Gasteiger partial charge in [-0.25, -0.2) is 0 Å². The molecule has 0 heterocycles. The van der Waals surface area contributed by atoms with Crippen LogP contribution in [-0.2, 0) is 4.79 Å². The van der Waals surface area contributed by atoms with Gasteiger partial charge in [0.25, 0.3) is 0 Å². The maximum atomic E-state index is 12.1. The zero-order valence-electron chi connectivity index (χ0n) is 10.2. The van der Waals surface area contributed by atoms with Crippen molar-refractivity contribution in [2.45, 2.75) is 71.3 Å². The number of carbonyl (C=O) groups excluding carboxylic acids is 1. The first-order valence-corrected chi connectivity index (χ1v) is 6.40. The molecule has 1 fully saturated rings. The van der Waals surface area contributed by atoms with Crippen LogP contribution in [0.4, 0.5) is 0 Å². The molecule has 88 valence electrons. The highest BCUT2D eigenvalue weighted by Crippen LogP contribution is 2.38. The van der Waals surface area contributed by atoms with Crippen LogP contribution in [-0.4, -0.2) is 11.8 Å². The van der Waals surface area contributed by atoms with Crippen LogP contribution < -0.4 is 5.73 Å². The molecule has 15 heavy (non-hydrogen) atoms. The summed E-state index contributed by atoms with van der Waals surface area (Å²) in [6, 6.07) is 0.108. The van der Waals surface area contributed by atoms with E-state index in [4.69, 9.17) is 5.73 Å². The molecule has 0 aromatic heterocycles. The Bertz CT molecular complexity index is 215. The minimum Gasteiger partial charge on any atom is -0.327 e. The monoisotopic (exact) mass is 211 g/mol. The van der Waals surface area contributed by atoms with Crippen LogP contribution in [0.3, 0.4) is 0 Å². The Morgan fingerprint density at radius 2 is 2.13 bits per heavy atom. The Morgan fingerprint density at radius 1 is 1.40 bits per heavy atom. The van der Waals surface area contributed by atoms with E-state index < -0.39 is 0 Å². The molecular formula is C13H25NO. The third kappa shape index (κ3) is 3.04. The fourth-order valence-electron chi connectivity index (χ4n) is 2.54. The van der Waals surface area contributed by atoms with Gasteiger partial charge in [0.2, 0.25) is 0 Å². The molecule has 0 radical (unpaired) electrons. The summed E-state index contributed by atoms with van der Waals surface area (Å²) in [6.07, 6.45) is 8.60. The smallest absolute Gasteiger partial charge is 0.140 e. The van der Waals surface area contributed by atoms with Gasteiger partial charge in [0.15, 0.2) is 0 Å². The third-order valence-corrected chi connectivity index (χ3v) is 3.92. The molecule has 2 N–H and O–H groups in total. The lowest BCUT2D eigenvalue weighted by atomic mass is 9.79. The standard InChI is InChI=1S/C13H25NO/c1-3-4-5-6-9-12(15)13(2)10-7-8-11(13)14/h11H,3-10,14H2,1-2H3. The van der Waals surface area contributed by atoms with E-state index in [1.165, 1.54) is 19.3 Å². The van der Waals surface area contributed by atoms with Crippen LogP contribution in [0.5, 0.6) is 0 Å². The van der Waals surface area contributed by atoms with Gasteiger partial charge in [0, 0.05) is 17.9 Å². The molecule has 1 rings (SSSR count). The molecule has 2 nitrogen and oxygen atoms in total. The highest BCUT2D eigenvalue weighted by Gasteiger charge is 2.41. The number of nitrogens with two attached hydrogens (primary N) is 1. The molecule has 2 atom stereocenters. The van der Waals surface area contributed by atoms with E-state index in [2.05, 4.69) is 13.8 Å². The van der Waals surface area contributed by atoms with Gasteiger partial charge < -0.3 is 5.73 Å². The Kier molecular flexibility index (Phi) is 4.78. The number of rotatable bonds is 6. The van der Waals surface area contributed by atoms with Gasteiger partial charge in [0.05, 0.1) is 0 Å². The van der Waals surface area contributed by atoms with E-state index in [9.17, 15) is 4.79 Å². The second-order valence-electron chi connectivity index (χ2n) is 5.15. The number of hydrogen-bond donors (Lipinski definition) is 1. The van der Waals surface area contributed by atoms with Crippen molar-refractivity contribution in [1.82, 2.24) is 0 Å². The summed E-state index contributed by atoms with van der Waals surface area (Å²) in [5.41, 5.74) is 5.82. The number of hydrogen-bond acceptors (Lipinski definition) is 2. The fraction of sp³-hybridized carbons (Fsp3) is 0.923. The Morgan fingerprint density at radius 3 is 2.67 bits per heavy atom. The number of ketones is 1. The van der Waals surface area contributed by atoms with E-state index >= 15 is 0 Å². The number of carbonyl (C=O) groups is 1. The Balaban J connectivity index is 2.32. The minimum absolute atomic E-state index is 0.108. The van der Waals surface area contributed by atoms with Gasteiger partial charge >= 0.3 is 0 Å². The Hall–Kier alpha value is -0.370. The summed E-state index contributed by atoms with van der Waals surface area (Å²) in [6.45, 7) is 4.25. The van der Waals surface area contributed by atoms with Crippen molar-refractivity contribution in [2.75, 3.05) is 0 Å². The SMILES string of the molecule is CCCCCCC(=O)C1(C)CCCC1N. The maximum Gasteiger partial charge on any atom is 0.140 e. The molecule has 0 bridgehead atoms. The topological polar surface area (TPSA) is 43.1 Å². The van der Waals surface area contributed by atoms with E-state index in [0.29, 0.717) is 5.78 Å². The van der Waals surface area contributed by atoms with Crippen LogP contribution in [0.15, 0.2) is 0 Å².